The van der Waals surface area contributed by atoms with Crippen molar-refractivity contribution in [3.05, 3.63) is 83.7 Å². The van der Waals surface area contributed by atoms with E-state index >= 15 is 0 Å². The molecule has 1 amide bonds. The second-order valence-corrected chi connectivity index (χ2v) is 7.07. The summed E-state index contributed by atoms with van der Waals surface area (Å²) in [4.78, 5) is 16.8. The number of carbonyl (C=O) groups is 1. The average molecular weight is 388 g/mol. The predicted octanol–water partition coefficient (Wildman–Crippen LogP) is 6.40. The van der Waals surface area contributed by atoms with E-state index in [0.717, 1.165) is 23.1 Å². The van der Waals surface area contributed by atoms with Crippen molar-refractivity contribution in [2.45, 2.75) is 26.2 Å². The van der Waals surface area contributed by atoms with Crippen molar-refractivity contribution < 1.29 is 13.6 Å². The van der Waals surface area contributed by atoms with Crippen LogP contribution in [0.5, 0.6) is 0 Å². The second kappa shape index (κ2) is 7.87. The number of nitrogens with zero attached hydrogens (tertiary/aromatic N) is 1. The predicted molar refractivity (Wildman–Crippen MR) is 113 cm³/mol. The van der Waals surface area contributed by atoms with Gasteiger partial charge in [-0.05, 0) is 66.4 Å². The highest BCUT2D eigenvalue weighted by molar-refractivity contribution is 6.04. The summed E-state index contributed by atoms with van der Waals surface area (Å²) in [5.41, 5.74) is 4.18. The van der Waals surface area contributed by atoms with E-state index in [4.69, 9.17) is 4.42 Å². The summed E-state index contributed by atoms with van der Waals surface area (Å²) in [6, 6.07) is 19.1. The second-order valence-electron chi connectivity index (χ2n) is 7.07. The first-order valence-electron chi connectivity index (χ1n) is 9.62. The number of amides is 1. The first-order chi connectivity index (χ1) is 14.0. The SMILES string of the molecule is CCC(C)c1ccc2oc(-c3ccc(NC(=O)c4ccccc4F)cc3)nc2c1. The molecule has 29 heavy (non-hydrogen) atoms. The maximum absolute atomic E-state index is 13.7. The fourth-order valence-corrected chi connectivity index (χ4v) is 3.15. The van der Waals surface area contributed by atoms with E-state index in [1.54, 1.807) is 24.3 Å². The van der Waals surface area contributed by atoms with Gasteiger partial charge in [-0.2, -0.15) is 0 Å². The minimum atomic E-state index is -0.551. The van der Waals surface area contributed by atoms with E-state index in [1.807, 2.05) is 18.2 Å². The highest BCUT2D eigenvalue weighted by atomic mass is 19.1. The van der Waals surface area contributed by atoms with Gasteiger partial charge in [0.2, 0.25) is 5.89 Å². The standard InChI is InChI=1S/C24H21FN2O2/c1-3-15(2)17-10-13-22-21(14-17)27-24(29-22)16-8-11-18(12-9-16)26-23(28)19-6-4-5-7-20(19)25/h4-15H,3H2,1-2H3,(H,26,28). The first kappa shape index (κ1) is 18.9. The van der Waals surface area contributed by atoms with Gasteiger partial charge in [-0.3, -0.25) is 4.79 Å². The number of hydrogen-bond donors (Lipinski definition) is 1. The molecule has 0 radical (unpaired) electrons. The van der Waals surface area contributed by atoms with Crippen LogP contribution in [0.2, 0.25) is 0 Å². The van der Waals surface area contributed by atoms with Crippen LogP contribution in [0.25, 0.3) is 22.6 Å². The van der Waals surface area contributed by atoms with Gasteiger partial charge in [0.1, 0.15) is 11.3 Å². The third kappa shape index (κ3) is 3.90. The van der Waals surface area contributed by atoms with Gasteiger partial charge < -0.3 is 9.73 Å². The summed E-state index contributed by atoms with van der Waals surface area (Å²) in [7, 11) is 0. The number of rotatable bonds is 5. The molecule has 4 nitrogen and oxygen atoms in total. The van der Waals surface area contributed by atoms with Crippen LogP contribution in [-0.4, -0.2) is 10.9 Å². The number of oxazole rings is 1. The number of fused-ring (bicyclic) bond motifs is 1. The lowest BCUT2D eigenvalue weighted by molar-refractivity contribution is 0.102. The van der Waals surface area contributed by atoms with Crippen molar-refractivity contribution in [1.29, 1.82) is 0 Å². The molecule has 0 fully saturated rings. The Labute approximate surface area is 168 Å². The van der Waals surface area contributed by atoms with Crippen LogP contribution >= 0.6 is 0 Å². The van der Waals surface area contributed by atoms with E-state index in [0.29, 0.717) is 17.5 Å². The summed E-state index contributed by atoms with van der Waals surface area (Å²) >= 11 is 0. The molecule has 0 saturated carbocycles. The van der Waals surface area contributed by atoms with Crippen LogP contribution in [0.1, 0.15) is 42.1 Å². The smallest absolute Gasteiger partial charge is 0.258 e. The highest BCUT2D eigenvalue weighted by Gasteiger charge is 2.13. The average Bonchev–Trinajstić information content (AvgIpc) is 3.17. The van der Waals surface area contributed by atoms with Crippen LogP contribution in [-0.2, 0) is 0 Å². The Bertz CT molecular complexity index is 1170. The molecular weight excluding hydrogens is 367 g/mol. The Hall–Kier alpha value is -3.47. The number of benzene rings is 3. The van der Waals surface area contributed by atoms with Crippen molar-refractivity contribution in [3.8, 4) is 11.5 Å². The Morgan fingerprint density at radius 3 is 2.59 bits per heavy atom. The molecule has 0 bridgehead atoms. The lowest BCUT2D eigenvalue weighted by Crippen LogP contribution is -2.13. The molecule has 0 aliphatic heterocycles. The van der Waals surface area contributed by atoms with Gasteiger partial charge in [-0.15, -0.1) is 0 Å². The van der Waals surface area contributed by atoms with Gasteiger partial charge in [0, 0.05) is 11.3 Å². The van der Waals surface area contributed by atoms with Gasteiger partial charge in [0.25, 0.3) is 5.91 Å². The van der Waals surface area contributed by atoms with E-state index in [1.165, 1.54) is 17.7 Å². The number of halogens is 1. The Balaban J connectivity index is 1.54. The van der Waals surface area contributed by atoms with Gasteiger partial charge in [0.05, 0.1) is 5.56 Å². The molecule has 146 valence electrons. The Kier molecular flexibility index (Phi) is 5.12. The molecule has 0 spiro atoms. The lowest BCUT2D eigenvalue weighted by Gasteiger charge is -2.07. The topological polar surface area (TPSA) is 55.1 Å². The lowest BCUT2D eigenvalue weighted by atomic mass is 9.98. The van der Waals surface area contributed by atoms with Crippen molar-refractivity contribution in [1.82, 2.24) is 4.98 Å². The van der Waals surface area contributed by atoms with Crippen LogP contribution < -0.4 is 5.32 Å². The van der Waals surface area contributed by atoms with E-state index in [2.05, 4.69) is 36.3 Å². The van der Waals surface area contributed by atoms with E-state index in [9.17, 15) is 9.18 Å². The van der Waals surface area contributed by atoms with Crippen LogP contribution in [0, 0.1) is 5.82 Å². The Morgan fingerprint density at radius 2 is 1.86 bits per heavy atom. The number of hydrogen-bond acceptors (Lipinski definition) is 3. The molecule has 1 atom stereocenters. The van der Waals surface area contributed by atoms with Crippen molar-refractivity contribution in [2.75, 3.05) is 5.32 Å². The third-order valence-corrected chi connectivity index (χ3v) is 5.10. The zero-order chi connectivity index (χ0) is 20.4. The van der Waals surface area contributed by atoms with Gasteiger partial charge in [0.15, 0.2) is 5.58 Å². The van der Waals surface area contributed by atoms with Crippen molar-refractivity contribution >= 4 is 22.7 Å². The monoisotopic (exact) mass is 388 g/mol. The normalized spacial score (nSPS) is 12.1. The summed E-state index contributed by atoms with van der Waals surface area (Å²) in [6.07, 6.45) is 1.07. The fraction of sp³-hybridized carbons (Fsp3) is 0.167. The molecular formula is C24H21FN2O2. The fourth-order valence-electron chi connectivity index (χ4n) is 3.15. The molecule has 4 rings (SSSR count). The molecule has 1 aromatic heterocycles. The molecule has 0 saturated heterocycles. The quantitative estimate of drug-likeness (QED) is 0.430. The minimum Gasteiger partial charge on any atom is -0.436 e. The van der Waals surface area contributed by atoms with Crippen molar-refractivity contribution in [3.63, 3.8) is 0 Å². The van der Waals surface area contributed by atoms with E-state index in [-0.39, 0.29) is 5.56 Å². The summed E-state index contributed by atoms with van der Waals surface area (Å²) in [5.74, 6) is -0.0506. The first-order valence-corrected chi connectivity index (χ1v) is 9.62. The van der Waals surface area contributed by atoms with Crippen LogP contribution in [0.3, 0.4) is 0 Å². The van der Waals surface area contributed by atoms with Crippen molar-refractivity contribution in [2.24, 2.45) is 0 Å². The molecule has 1 heterocycles. The molecule has 5 heteroatoms. The summed E-state index contributed by atoms with van der Waals surface area (Å²) < 4.78 is 19.6. The number of anilines is 1. The zero-order valence-electron chi connectivity index (χ0n) is 16.3. The molecule has 0 aliphatic carbocycles. The zero-order valence-corrected chi connectivity index (χ0v) is 16.3. The van der Waals surface area contributed by atoms with Gasteiger partial charge >= 0.3 is 0 Å². The van der Waals surface area contributed by atoms with Crippen LogP contribution in [0.15, 0.2) is 71.1 Å². The molecule has 0 aliphatic rings. The molecule has 3 aromatic carbocycles. The maximum atomic E-state index is 13.7. The van der Waals surface area contributed by atoms with Gasteiger partial charge in [-0.25, -0.2) is 9.37 Å². The summed E-state index contributed by atoms with van der Waals surface area (Å²) in [6.45, 7) is 4.35. The third-order valence-electron chi connectivity index (χ3n) is 5.10. The maximum Gasteiger partial charge on any atom is 0.258 e. The molecule has 4 aromatic rings. The molecule has 1 N–H and O–H groups in total. The highest BCUT2D eigenvalue weighted by Crippen LogP contribution is 2.28. The Morgan fingerprint density at radius 1 is 1.10 bits per heavy atom. The van der Waals surface area contributed by atoms with E-state index < -0.39 is 11.7 Å². The molecule has 1 unspecified atom stereocenters. The summed E-state index contributed by atoms with van der Waals surface area (Å²) in [5, 5.41) is 2.70. The largest absolute Gasteiger partial charge is 0.436 e. The number of carbonyl (C=O) groups excluding carboxylic acids is 1. The van der Waals surface area contributed by atoms with Gasteiger partial charge in [-0.1, -0.05) is 32.0 Å². The van der Waals surface area contributed by atoms with Crippen LogP contribution in [0.4, 0.5) is 10.1 Å². The number of nitrogens with one attached hydrogen (secondary N) is 1. The number of aromatic nitrogens is 1. The minimum absolute atomic E-state index is 0.00707.